The van der Waals surface area contributed by atoms with Gasteiger partial charge < -0.3 is 4.90 Å². The molecule has 1 fully saturated rings. The third kappa shape index (κ3) is 4.85. The number of likely N-dealkylation sites (N-methyl/N-ethyl adjacent to an activating group) is 1. The third-order valence-corrected chi connectivity index (χ3v) is 5.16. The van der Waals surface area contributed by atoms with Gasteiger partial charge in [-0.15, -0.1) is 0 Å². The molecule has 1 heterocycles. The van der Waals surface area contributed by atoms with Crippen LogP contribution in [0.5, 0.6) is 0 Å². The van der Waals surface area contributed by atoms with Gasteiger partial charge in [-0.3, -0.25) is 9.48 Å². The highest BCUT2D eigenvalue weighted by molar-refractivity contribution is 6.31. The molecule has 0 bridgehead atoms. The van der Waals surface area contributed by atoms with Crippen LogP contribution in [0.25, 0.3) is 6.08 Å². The Morgan fingerprint density at radius 3 is 2.54 bits per heavy atom. The van der Waals surface area contributed by atoms with Crippen LogP contribution in [0.1, 0.15) is 63.6 Å². The maximum absolute atomic E-state index is 12.5. The molecule has 1 aliphatic carbocycles. The molecule has 1 saturated carbocycles. The van der Waals surface area contributed by atoms with Gasteiger partial charge in [0.2, 0.25) is 5.91 Å². The molecule has 0 atom stereocenters. The van der Waals surface area contributed by atoms with Gasteiger partial charge in [0.25, 0.3) is 0 Å². The number of aryl methyl sites for hydroxylation is 1. The zero-order valence-electron chi connectivity index (χ0n) is 15.4. The zero-order valence-corrected chi connectivity index (χ0v) is 16.1. The molecule has 24 heavy (non-hydrogen) atoms. The lowest BCUT2D eigenvalue weighted by Crippen LogP contribution is -2.35. The van der Waals surface area contributed by atoms with Crippen molar-refractivity contribution in [1.29, 1.82) is 0 Å². The molecule has 4 nitrogen and oxygen atoms in total. The van der Waals surface area contributed by atoms with E-state index >= 15 is 0 Å². The van der Waals surface area contributed by atoms with Gasteiger partial charge in [-0.2, -0.15) is 5.10 Å². The second kappa shape index (κ2) is 8.70. The predicted octanol–water partition coefficient (Wildman–Crippen LogP) is 4.70. The van der Waals surface area contributed by atoms with Crippen molar-refractivity contribution < 1.29 is 4.79 Å². The van der Waals surface area contributed by atoms with Crippen LogP contribution in [0, 0.1) is 12.8 Å². The Hall–Kier alpha value is -1.29. The first kappa shape index (κ1) is 19.0. The van der Waals surface area contributed by atoms with Crippen LogP contribution in [0.3, 0.4) is 0 Å². The van der Waals surface area contributed by atoms with Gasteiger partial charge >= 0.3 is 0 Å². The minimum atomic E-state index is 0.0500. The second-order valence-corrected chi connectivity index (χ2v) is 7.65. The zero-order chi connectivity index (χ0) is 17.7. The van der Waals surface area contributed by atoms with E-state index in [1.807, 2.05) is 29.6 Å². The summed E-state index contributed by atoms with van der Waals surface area (Å²) in [6.07, 6.45) is 10.7. The van der Waals surface area contributed by atoms with E-state index in [9.17, 15) is 4.79 Å². The normalized spacial score (nSPS) is 16.8. The van der Waals surface area contributed by atoms with E-state index in [2.05, 4.69) is 18.9 Å². The SMILES string of the molecule is Cc1nn(CC(C)C)c(Cl)c1/C=C/C(=O)N(C)C1CCCCCC1. The van der Waals surface area contributed by atoms with Crippen molar-refractivity contribution in [2.45, 2.75) is 71.9 Å². The van der Waals surface area contributed by atoms with Crippen molar-refractivity contribution in [2.75, 3.05) is 7.05 Å². The summed E-state index contributed by atoms with van der Waals surface area (Å²) in [6, 6.07) is 0.366. The lowest BCUT2D eigenvalue weighted by molar-refractivity contribution is -0.126. The fourth-order valence-corrected chi connectivity index (χ4v) is 3.63. The van der Waals surface area contributed by atoms with Gasteiger partial charge in [0, 0.05) is 31.3 Å². The summed E-state index contributed by atoms with van der Waals surface area (Å²) in [5.41, 5.74) is 1.71. The van der Waals surface area contributed by atoms with Crippen LogP contribution in [-0.4, -0.2) is 33.7 Å². The number of rotatable bonds is 5. The monoisotopic (exact) mass is 351 g/mol. The van der Waals surface area contributed by atoms with E-state index in [1.165, 1.54) is 25.7 Å². The highest BCUT2D eigenvalue weighted by Crippen LogP contribution is 2.24. The van der Waals surface area contributed by atoms with Gasteiger partial charge in [-0.25, -0.2) is 0 Å². The molecule has 0 saturated heterocycles. The fraction of sp³-hybridized carbons (Fsp3) is 0.684. The molecule has 0 spiro atoms. The Bertz CT molecular complexity index is 584. The first-order valence-corrected chi connectivity index (χ1v) is 9.45. The number of amides is 1. The predicted molar refractivity (Wildman–Crippen MR) is 100 cm³/mol. The molecule has 1 amide bonds. The Balaban J connectivity index is 2.06. The van der Waals surface area contributed by atoms with E-state index in [0.717, 1.165) is 30.6 Å². The highest BCUT2D eigenvalue weighted by Gasteiger charge is 2.20. The first-order chi connectivity index (χ1) is 11.4. The van der Waals surface area contributed by atoms with Gasteiger partial charge in [-0.05, 0) is 31.8 Å². The van der Waals surface area contributed by atoms with Crippen molar-refractivity contribution in [2.24, 2.45) is 5.92 Å². The summed E-state index contributed by atoms with van der Waals surface area (Å²) in [6.45, 7) is 6.98. The maximum Gasteiger partial charge on any atom is 0.246 e. The number of hydrogen-bond acceptors (Lipinski definition) is 2. The highest BCUT2D eigenvalue weighted by atomic mass is 35.5. The smallest absolute Gasteiger partial charge is 0.246 e. The fourth-order valence-electron chi connectivity index (χ4n) is 3.32. The summed E-state index contributed by atoms with van der Waals surface area (Å²) in [5, 5.41) is 5.10. The summed E-state index contributed by atoms with van der Waals surface area (Å²) >= 11 is 6.43. The van der Waals surface area contributed by atoms with Gasteiger partial charge in [0.1, 0.15) is 5.15 Å². The van der Waals surface area contributed by atoms with Crippen LogP contribution in [-0.2, 0) is 11.3 Å². The molecular weight excluding hydrogens is 322 g/mol. The largest absolute Gasteiger partial charge is 0.339 e. The van der Waals surface area contributed by atoms with Crippen molar-refractivity contribution >= 4 is 23.6 Å². The second-order valence-electron chi connectivity index (χ2n) is 7.29. The Morgan fingerprint density at radius 1 is 1.33 bits per heavy atom. The molecule has 0 unspecified atom stereocenters. The number of nitrogens with zero attached hydrogens (tertiary/aromatic N) is 3. The number of hydrogen-bond donors (Lipinski definition) is 0. The Morgan fingerprint density at radius 2 is 1.96 bits per heavy atom. The minimum absolute atomic E-state index is 0.0500. The van der Waals surface area contributed by atoms with Gasteiger partial charge in [0.15, 0.2) is 0 Å². The number of carbonyl (C=O) groups is 1. The van der Waals surface area contributed by atoms with Crippen molar-refractivity contribution in [3.63, 3.8) is 0 Å². The Kier molecular flexibility index (Phi) is 6.90. The maximum atomic E-state index is 12.5. The lowest BCUT2D eigenvalue weighted by atomic mass is 10.1. The van der Waals surface area contributed by atoms with Gasteiger partial charge in [0.05, 0.1) is 5.69 Å². The van der Waals surface area contributed by atoms with Crippen LogP contribution in [0.2, 0.25) is 5.15 Å². The van der Waals surface area contributed by atoms with E-state index in [-0.39, 0.29) is 5.91 Å². The van der Waals surface area contributed by atoms with Crippen molar-refractivity contribution in [3.8, 4) is 0 Å². The number of carbonyl (C=O) groups excluding carboxylic acids is 1. The number of aromatic nitrogens is 2. The third-order valence-electron chi connectivity index (χ3n) is 4.76. The minimum Gasteiger partial charge on any atom is -0.339 e. The molecule has 0 N–H and O–H groups in total. The molecular formula is C19H30ClN3O. The molecule has 2 rings (SSSR count). The van der Waals surface area contributed by atoms with Crippen LogP contribution >= 0.6 is 11.6 Å². The molecule has 0 aromatic carbocycles. The van der Waals surface area contributed by atoms with Crippen LogP contribution in [0.15, 0.2) is 6.08 Å². The summed E-state index contributed by atoms with van der Waals surface area (Å²) in [5.74, 6) is 0.524. The average Bonchev–Trinajstić information content (AvgIpc) is 2.75. The molecule has 1 aromatic rings. The average molecular weight is 352 g/mol. The van der Waals surface area contributed by atoms with E-state index in [4.69, 9.17) is 11.6 Å². The summed E-state index contributed by atoms with van der Waals surface area (Å²) in [7, 11) is 1.92. The van der Waals surface area contributed by atoms with Crippen LogP contribution in [0.4, 0.5) is 0 Å². The van der Waals surface area contributed by atoms with Crippen molar-refractivity contribution in [3.05, 3.63) is 22.5 Å². The molecule has 0 radical (unpaired) electrons. The quantitative estimate of drug-likeness (QED) is 0.569. The van der Waals surface area contributed by atoms with Crippen LogP contribution < -0.4 is 0 Å². The summed E-state index contributed by atoms with van der Waals surface area (Å²) in [4.78, 5) is 14.4. The van der Waals surface area contributed by atoms with E-state index in [1.54, 1.807) is 6.08 Å². The molecule has 134 valence electrons. The molecule has 0 aliphatic heterocycles. The summed E-state index contributed by atoms with van der Waals surface area (Å²) < 4.78 is 1.82. The standard InChI is InChI=1S/C19H30ClN3O/c1-14(2)13-23-19(20)17(15(3)21-23)11-12-18(24)22(4)16-9-7-5-6-8-10-16/h11-12,14,16H,5-10,13H2,1-4H3/b12-11+. The van der Waals surface area contributed by atoms with E-state index < -0.39 is 0 Å². The van der Waals surface area contributed by atoms with Crippen molar-refractivity contribution in [1.82, 2.24) is 14.7 Å². The topological polar surface area (TPSA) is 38.1 Å². The molecule has 1 aromatic heterocycles. The van der Waals surface area contributed by atoms with E-state index in [0.29, 0.717) is 17.1 Å². The number of halogens is 1. The van der Waals surface area contributed by atoms with Gasteiger partial charge in [-0.1, -0.05) is 51.1 Å². The lowest BCUT2D eigenvalue weighted by Gasteiger charge is -2.26. The first-order valence-electron chi connectivity index (χ1n) is 9.08. The molecule has 5 heteroatoms. The Labute approximate surface area is 150 Å². The molecule has 1 aliphatic rings.